The number of nitrogens with one attached hydrogen (secondary N) is 3. The van der Waals surface area contributed by atoms with Crippen molar-refractivity contribution in [1.29, 1.82) is 0 Å². The first-order chi connectivity index (χ1) is 10.8. The van der Waals surface area contributed by atoms with Gasteiger partial charge in [0.1, 0.15) is 0 Å². The Kier molecular flexibility index (Phi) is 7.47. The van der Waals surface area contributed by atoms with Gasteiger partial charge in [-0.25, -0.2) is 4.79 Å². The average molecular weight is 357 g/mol. The molecule has 0 radical (unpaired) electrons. The molecule has 1 aliphatic heterocycles. The van der Waals surface area contributed by atoms with Crippen LogP contribution in [0.15, 0.2) is 24.3 Å². The zero-order valence-corrected chi connectivity index (χ0v) is 14.7. The zero-order chi connectivity index (χ0) is 16.9. The molecule has 7 nitrogen and oxygen atoms in total. The van der Waals surface area contributed by atoms with Crippen molar-refractivity contribution in [3.8, 4) is 0 Å². The lowest BCUT2D eigenvalue weighted by Gasteiger charge is -2.18. The second-order valence-electron chi connectivity index (χ2n) is 6.22. The summed E-state index contributed by atoms with van der Waals surface area (Å²) in [5, 5.41) is 8.23. The maximum absolute atomic E-state index is 11.8. The largest absolute Gasteiger partial charge is 0.376 e. The van der Waals surface area contributed by atoms with Gasteiger partial charge in [0.15, 0.2) is 0 Å². The first-order valence-corrected chi connectivity index (χ1v) is 7.71. The molecule has 2 rings (SSSR count). The van der Waals surface area contributed by atoms with Crippen molar-refractivity contribution in [3.63, 3.8) is 0 Å². The molecule has 134 valence electrons. The molecule has 0 aliphatic carbocycles. The van der Waals surface area contributed by atoms with E-state index in [1.807, 2.05) is 0 Å². The van der Waals surface area contributed by atoms with E-state index < -0.39 is 5.54 Å². The van der Waals surface area contributed by atoms with Gasteiger partial charge in [-0.05, 0) is 51.0 Å². The minimum atomic E-state index is -0.945. The van der Waals surface area contributed by atoms with Crippen molar-refractivity contribution in [1.82, 2.24) is 5.32 Å². The smallest absolute Gasteiger partial charge is 0.319 e. The van der Waals surface area contributed by atoms with Crippen molar-refractivity contribution in [2.24, 2.45) is 5.73 Å². The number of urea groups is 1. The van der Waals surface area contributed by atoms with Crippen molar-refractivity contribution >= 4 is 35.7 Å². The normalized spacial score (nSPS) is 16.9. The van der Waals surface area contributed by atoms with Gasteiger partial charge >= 0.3 is 6.03 Å². The third-order valence-electron chi connectivity index (χ3n) is 3.50. The molecule has 1 aliphatic rings. The number of carbonyl (C=O) groups excluding carboxylic acids is 2. The molecule has 24 heavy (non-hydrogen) atoms. The van der Waals surface area contributed by atoms with E-state index in [4.69, 9.17) is 10.5 Å². The van der Waals surface area contributed by atoms with Gasteiger partial charge in [-0.1, -0.05) is 0 Å². The van der Waals surface area contributed by atoms with Crippen LogP contribution in [-0.2, 0) is 9.53 Å². The van der Waals surface area contributed by atoms with Gasteiger partial charge in [0.05, 0.1) is 11.6 Å². The molecular formula is C16H25ClN4O3. The summed E-state index contributed by atoms with van der Waals surface area (Å²) in [6, 6.07) is 6.56. The van der Waals surface area contributed by atoms with Crippen LogP contribution in [0.3, 0.4) is 0 Å². The Morgan fingerprint density at radius 2 is 1.79 bits per heavy atom. The number of hydrogen-bond donors (Lipinski definition) is 4. The molecule has 0 saturated carbocycles. The summed E-state index contributed by atoms with van der Waals surface area (Å²) in [5.41, 5.74) is 6.04. The van der Waals surface area contributed by atoms with E-state index >= 15 is 0 Å². The van der Waals surface area contributed by atoms with E-state index in [0.29, 0.717) is 17.9 Å². The van der Waals surface area contributed by atoms with Crippen LogP contribution < -0.4 is 21.7 Å². The van der Waals surface area contributed by atoms with Crippen LogP contribution in [0.4, 0.5) is 16.2 Å². The minimum absolute atomic E-state index is 0. The van der Waals surface area contributed by atoms with Gasteiger partial charge in [-0.2, -0.15) is 0 Å². The monoisotopic (exact) mass is 356 g/mol. The van der Waals surface area contributed by atoms with Crippen LogP contribution in [-0.4, -0.2) is 36.7 Å². The van der Waals surface area contributed by atoms with Gasteiger partial charge in [-0.15, -0.1) is 12.4 Å². The lowest BCUT2D eigenvalue weighted by molar-refractivity contribution is -0.120. The third-order valence-corrected chi connectivity index (χ3v) is 3.50. The summed E-state index contributed by atoms with van der Waals surface area (Å²) < 4.78 is 5.44. The summed E-state index contributed by atoms with van der Waals surface area (Å²) >= 11 is 0. The maximum atomic E-state index is 11.8. The van der Waals surface area contributed by atoms with Crippen LogP contribution in [0, 0.1) is 0 Å². The highest BCUT2D eigenvalue weighted by Crippen LogP contribution is 2.15. The number of anilines is 2. The van der Waals surface area contributed by atoms with Gasteiger partial charge in [-0.3, -0.25) is 4.79 Å². The molecule has 5 N–H and O–H groups in total. The summed E-state index contributed by atoms with van der Waals surface area (Å²) in [6.07, 6.45) is 2.13. The number of ether oxygens (including phenoxy) is 1. The Labute approximate surface area is 148 Å². The summed E-state index contributed by atoms with van der Waals surface area (Å²) in [5.74, 6) is -0.271. The minimum Gasteiger partial charge on any atom is -0.376 e. The first kappa shape index (κ1) is 20.2. The molecule has 0 aromatic heterocycles. The Morgan fingerprint density at radius 1 is 1.21 bits per heavy atom. The highest BCUT2D eigenvalue weighted by molar-refractivity contribution is 5.97. The number of benzene rings is 1. The molecule has 8 heteroatoms. The first-order valence-electron chi connectivity index (χ1n) is 7.71. The molecule has 1 aromatic carbocycles. The molecule has 3 amide bonds. The number of amides is 3. The average Bonchev–Trinajstić information content (AvgIpc) is 2.99. The fourth-order valence-corrected chi connectivity index (χ4v) is 2.12. The van der Waals surface area contributed by atoms with Crippen molar-refractivity contribution in [2.45, 2.75) is 38.3 Å². The predicted octanol–water partition coefficient (Wildman–Crippen LogP) is 2.08. The molecule has 1 atom stereocenters. The molecule has 0 bridgehead atoms. The highest BCUT2D eigenvalue weighted by Gasteiger charge is 2.21. The second-order valence-corrected chi connectivity index (χ2v) is 6.22. The van der Waals surface area contributed by atoms with Gasteiger partial charge in [0, 0.05) is 24.5 Å². The Balaban J connectivity index is 0.00000288. The highest BCUT2D eigenvalue weighted by atomic mass is 35.5. The Bertz CT molecular complexity index is 551. The standard InChI is InChI=1S/C16H24N4O3.ClH/c1-16(2,17)14(21)19-11-5-7-12(8-6-11)20-15(22)18-10-13-4-3-9-23-13;/h5-8,13H,3-4,9-10,17H2,1-2H3,(H,19,21)(H2,18,20,22);1H. The second kappa shape index (κ2) is 8.86. The van der Waals surface area contributed by atoms with Crippen LogP contribution in [0.2, 0.25) is 0 Å². The van der Waals surface area contributed by atoms with E-state index in [9.17, 15) is 9.59 Å². The maximum Gasteiger partial charge on any atom is 0.319 e. The molecular weight excluding hydrogens is 332 g/mol. The number of rotatable bonds is 5. The summed E-state index contributed by atoms with van der Waals surface area (Å²) in [6.45, 7) is 4.54. The van der Waals surface area contributed by atoms with Crippen LogP contribution in [0.1, 0.15) is 26.7 Å². The van der Waals surface area contributed by atoms with Gasteiger partial charge in [0.25, 0.3) is 0 Å². The molecule has 1 heterocycles. The number of halogens is 1. The van der Waals surface area contributed by atoms with E-state index in [2.05, 4.69) is 16.0 Å². The number of hydrogen-bond acceptors (Lipinski definition) is 4. The SMILES string of the molecule is CC(C)(N)C(=O)Nc1ccc(NC(=O)NCC2CCCO2)cc1.Cl. The summed E-state index contributed by atoms with van der Waals surface area (Å²) in [7, 11) is 0. The van der Waals surface area contributed by atoms with Crippen molar-refractivity contribution in [3.05, 3.63) is 24.3 Å². The van der Waals surface area contributed by atoms with Crippen LogP contribution >= 0.6 is 12.4 Å². The predicted molar refractivity (Wildman–Crippen MR) is 96.6 cm³/mol. The van der Waals surface area contributed by atoms with E-state index in [0.717, 1.165) is 19.4 Å². The van der Waals surface area contributed by atoms with Crippen LogP contribution in [0.25, 0.3) is 0 Å². The molecule has 0 spiro atoms. The Morgan fingerprint density at radius 3 is 2.29 bits per heavy atom. The van der Waals surface area contributed by atoms with E-state index in [1.54, 1.807) is 38.1 Å². The lowest BCUT2D eigenvalue weighted by atomic mass is 10.1. The number of nitrogens with two attached hydrogens (primary N) is 1. The topological polar surface area (TPSA) is 105 Å². The van der Waals surface area contributed by atoms with E-state index in [1.165, 1.54) is 0 Å². The molecule has 1 saturated heterocycles. The third kappa shape index (κ3) is 6.35. The molecule has 1 fully saturated rings. The quantitative estimate of drug-likeness (QED) is 0.648. The zero-order valence-electron chi connectivity index (χ0n) is 13.9. The summed E-state index contributed by atoms with van der Waals surface area (Å²) in [4.78, 5) is 23.6. The lowest BCUT2D eigenvalue weighted by Crippen LogP contribution is -2.45. The fraction of sp³-hybridized carbons (Fsp3) is 0.500. The van der Waals surface area contributed by atoms with Crippen molar-refractivity contribution < 1.29 is 14.3 Å². The van der Waals surface area contributed by atoms with Crippen LogP contribution in [0.5, 0.6) is 0 Å². The number of carbonyl (C=O) groups is 2. The van der Waals surface area contributed by atoms with Crippen molar-refractivity contribution in [2.75, 3.05) is 23.8 Å². The fourth-order valence-electron chi connectivity index (χ4n) is 2.12. The Hall–Kier alpha value is -1.83. The van der Waals surface area contributed by atoms with Gasteiger partial charge < -0.3 is 26.4 Å². The van der Waals surface area contributed by atoms with E-state index in [-0.39, 0.29) is 30.4 Å². The van der Waals surface area contributed by atoms with Gasteiger partial charge in [0.2, 0.25) is 5.91 Å². The molecule has 1 aromatic rings. The molecule has 1 unspecified atom stereocenters.